The number of hydrogen-bond donors (Lipinski definition) is 1. The second-order valence-electron chi connectivity index (χ2n) is 3.70. The Morgan fingerprint density at radius 3 is 2.44 bits per heavy atom. The van der Waals surface area contributed by atoms with Gasteiger partial charge < -0.3 is 9.84 Å². The number of ether oxygens (including phenoxy) is 1. The molecule has 0 fully saturated rings. The van der Waals surface area contributed by atoms with Crippen molar-refractivity contribution in [3.63, 3.8) is 0 Å². The van der Waals surface area contributed by atoms with Gasteiger partial charge in [-0.2, -0.15) is 0 Å². The van der Waals surface area contributed by atoms with Crippen molar-refractivity contribution in [3.8, 4) is 0 Å². The van der Waals surface area contributed by atoms with Crippen LogP contribution in [0.3, 0.4) is 0 Å². The van der Waals surface area contributed by atoms with E-state index < -0.39 is 6.10 Å². The van der Waals surface area contributed by atoms with E-state index in [9.17, 15) is 5.11 Å². The van der Waals surface area contributed by atoms with Gasteiger partial charge in [-0.25, -0.2) is 0 Å². The van der Waals surface area contributed by atoms with Gasteiger partial charge in [-0.05, 0) is 42.7 Å². The molecule has 1 aromatic rings. The van der Waals surface area contributed by atoms with Crippen LogP contribution in [0, 0.1) is 0 Å². The SMILES string of the molecule is OC(C1=CCCCO1)c1cc(Br)cc(Br)c1. The van der Waals surface area contributed by atoms with Gasteiger partial charge in [0.25, 0.3) is 0 Å². The number of aliphatic hydroxyl groups is 1. The zero-order chi connectivity index (χ0) is 11.5. The van der Waals surface area contributed by atoms with E-state index in [0.29, 0.717) is 12.4 Å². The average Bonchev–Trinajstić information content (AvgIpc) is 2.28. The molecule has 86 valence electrons. The van der Waals surface area contributed by atoms with Gasteiger partial charge in [-0.3, -0.25) is 0 Å². The van der Waals surface area contributed by atoms with Gasteiger partial charge >= 0.3 is 0 Å². The Morgan fingerprint density at radius 2 is 1.88 bits per heavy atom. The standard InChI is InChI=1S/C12H12Br2O2/c13-9-5-8(6-10(14)7-9)12(15)11-3-1-2-4-16-11/h3,5-7,12,15H,1-2,4H2. The van der Waals surface area contributed by atoms with E-state index in [-0.39, 0.29) is 0 Å². The van der Waals surface area contributed by atoms with Gasteiger partial charge in [0.15, 0.2) is 0 Å². The molecule has 1 aliphatic heterocycles. The van der Waals surface area contributed by atoms with Crippen molar-refractivity contribution in [2.45, 2.75) is 18.9 Å². The number of hydrogen-bond acceptors (Lipinski definition) is 2. The fourth-order valence-electron chi connectivity index (χ4n) is 1.66. The van der Waals surface area contributed by atoms with Crippen LogP contribution in [0.25, 0.3) is 0 Å². The monoisotopic (exact) mass is 346 g/mol. The Balaban J connectivity index is 2.25. The molecule has 16 heavy (non-hydrogen) atoms. The van der Waals surface area contributed by atoms with Crippen LogP contribution in [0.15, 0.2) is 39.0 Å². The lowest BCUT2D eigenvalue weighted by atomic mass is 10.1. The Bertz CT molecular complexity index is 395. The van der Waals surface area contributed by atoms with Gasteiger partial charge in [0, 0.05) is 8.95 Å². The average molecular weight is 348 g/mol. The molecule has 1 heterocycles. The van der Waals surface area contributed by atoms with Crippen LogP contribution in [0.2, 0.25) is 0 Å². The first-order valence-corrected chi connectivity index (χ1v) is 6.72. The molecule has 0 aliphatic carbocycles. The largest absolute Gasteiger partial charge is 0.495 e. The highest BCUT2D eigenvalue weighted by Crippen LogP contribution is 2.30. The summed E-state index contributed by atoms with van der Waals surface area (Å²) >= 11 is 6.81. The zero-order valence-electron chi connectivity index (χ0n) is 8.62. The minimum absolute atomic E-state index is 0.663. The maximum absolute atomic E-state index is 10.2. The Labute approximate surface area is 112 Å². The molecule has 0 aromatic heterocycles. The molecular weight excluding hydrogens is 336 g/mol. The van der Waals surface area contributed by atoms with E-state index in [4.69, 9.17) is 4.74 Å². The van der Waals surface area contributed by atoms with Crippen molar-refractivity contribution in [1.82, 2.24) is 0 Å². The number of aliphatic hydroxyl groups excluding tert-OH is 1. The molecule has 0 amide bonds. The van der Waals surface area contributed by atoms with E-state index in [1.54, 1.807) is 0 Å². The number of halogens is 2. The second kappa shape index (κ2) is 5.34. The second-order valence-corrected chi connectivity index (χ2v) is 5.53. The highest BCUT2D eigenvalue weighted by atomic mass is 79.9. The fraction of sp³-hybridized carbons (Fsp3) is 0.333. The molecule has 0 radical (unpaired) electrons. The normalized spacial score (nSPS) is 17.6. The van der Waals surface area contributed by atoms with Crippen LogP contribution in [0.1, 0.15) is 24.5 Å². The third kappa shape index (κ3) is 2.87. The molecule has 0 bridgehead atoms. The summed E-state index contributed by atoms with van der Waals surface area (Å²) in [5.41, 5.74) is 0.828. The molecule has 0 saturated carbocycles. The number of rotatable bonds is 2. The van der Waals surface area contributed by atoms with Gasteiger partial charge in [-0.1, -0.05) is 31.9 Å². The minimum Gasteiger partial charge on any atom is -0.495 e. The van der Waals surface area contributed by atoms with Gasteiger partial charge in [-0.15, -0.1) is 0 Å². The van der Waals surface area contributed by atoms with Crippen molar-refractivity contribution in [2.24, 2.45) is 0 Å². The highest BCUT2D eigenvalue weighted by Gasteiger charge is 2.17. The van der Waals surface area contributed by atoms with Crippen molar-refractivity contribution in [1.29, 1.82) is 0 Å². The zero-order valence-corrected chi connectivity index (χ0v) is 11.8. The Hall–Kier alpha value is -0.320. The van der Waals surface area contributed by atoms with E-state index in [0.717, 1.165) is 27.4 Å². The third-order valence-corrected chi connectivity index (χ3v) is 3.35. The minimum atomic E-state index is -0.672. The van der Waals surface area contributed by atoms with Gasteiger partial charge in [0.05, 0.1) is 6.61 Å². The summed E-state index contributed by atoms with van der Waals surface area (Å²) in [5, 5.41) is 10.2. The molecule has 2 nitrogen and oxygen atoms in total. The van der Waals surface area contributed by atoms with Crippen molar-refractivity contribution < 1.29 is 9.84 Å². The Kier molecular flexibility index (Phi) is 4.05. The molecule has 4 heteroatoms. The lowest BCUT2D eigenvalue weighted by Crippen LogP contribution is -2.09. The van der Waals surface area contributed by atoms with Crippen LogP contribution in [-0.4, -0.2) is 11.7 Å². The maximum Gasteiger partial charge on any atom is 0.136 e. The molecule has 0 saturated heterocycles. The first-order chi connectivity index (χ1) is 7.66. The van der Waals surface area contributed by atoms with Crippen LogP contribution < -0.4 is 0 Å². The van der Waals surface area contributed by atoms with Crippen LogP contribution in [-0.2, 0) is 4.74 Å². The molecule has 2 rings (SSSR count). The van der Waals surface area contributed by atoms with Crippen molar-refractivity contribution in [2.75, 3.05) is 6.61 Å². The fourth-order valence-corrected chi connectivity index (χ4v) is 2.99. The predicted molar refractivity (Wildman–Crippen MR) is 70.1 cm³/mol. The summed E-state index contributed by atoms with van der Waals surface area (Å²) in [5.74, 6) is 0.663. The van der Waals surface area contributed by atoms with Crippen molar-refractivity contribution >= 4 is 31.9 Å². The first-order valence-electron chi connectivity index (χ1n) is 5.14. The summed E-state index contributed by atoms with van der Waals surface area (Å²) in [4.78, 5) is 0. The number of allylic oxidation sites excluding steroid dienone is 1. The summed E-state index contributed by atoms with van der Waals surface area (Å²) in [6.45, 7) is 0.693. The topological polar surface area (TPSA) is 29.5 Å². The van der Waals surface area contributed by atoms with E-state index in [2.05, 4.69) is 31.9 Å². The van der Waals surface area contributed by atoms with E-state index >= 15 is 0 Å². The van der Waals surface area contributed by atoms with Crippen LogP contribution in [0.4, 0.5) is 0 Å². The van der Waals surface area contributed by atoms with Crippen molar-refractivity contribution in [3.05, 3.63) is 44.5 Å². The van der Waals surface area contributed by atoms with Gasteiger partial charge in [0.2, 0.25) is 0 Å². The van der Waals surface area contributed by atoms with Crippen LogP contribution in [0.5, 0.6) is 0 Å². The molecule has 1 N–H and O–H groups in total. The summed E-state index contributed by atoms with van der Waals surface area (Å²) in [7, 11) is 0. The Morgan fingerprint density at radius 1 is 1.19 bits per heavy atom. The molecule has 1 aliphatic rings. The lowest BCUT2D eigenvalue weighted by Gasteiger charge is -2.20. The summed E-state index contributed by atoms with van der Waals surface area (Å²) in [6.07, 6.45) is 3.29. The highest BCUT2D eigenvalue weighted by molar-refractivity contribution is 9.11. The first kappa shape index (κ1) is 12.1. The molecule has 1 atom stereocenters. The lowest BCUT2D eigenvalue weighted by molar-refractivity contribution is 0.0917. The van der Waals surface area contributed by atoms with E-state index in [1.165, 1.54) is 0 Å². The maximum atomic E-state index is 10.2. The van der Waals surface area contributed by atoms with Crippen LogP contribution >= 0.6 is 31.9 Å². The predicted octanol–water partition coefficient (Wildman–Crippen LogP) is 3.94. The third-order valence-electron chi connectivity index (χ3n) is 2.43. The summed E-state index contributed by atoms with van der Waals surface area (Å²) < 4.78 is 7.33. The molecule has 1 unspecified atom stereocenters. The summed E-state index contributed by atoms with van der Waals surface area (Å²) in [6, 6.07) is 5.73. The molecular formula is C12H12Br2O2. The number of benzene rings is 1. The molecule has 0 spiro atoms. The van der Waals surface area contributed by atoms with Gasteiger partial charge in [0.1, 0.15) is 11.9 Å². The van der Waals surface area contributed by atoms with E-state index in [1.807, 2.05) is 24.3 Å². The smallest absolute Gasteiger partial charge is 0.136 e. The quantitative estimate of drug-likeness (QED) is 0.878. The molecule has 1 aromatic carbocycles.